The van der Waals surface area contributed by atoms with E-state index in [9.17, 15) is 9.59 Å². The van der Waals surface area contributed by atoms with Gasteiger partial charge in [0, 0.05) is 20.3 Å². The van der Waals surface area contributed by atoms with Crippen molar-refractivity contribution in [1.82, 2.24) is 4.90 Å². The third-order valence-electron chi connectivity index (χ3n) is 5.31. The van der Waals surface area contributed by atoms with Crippen molar-refractivity contribution in [2.24, 2.45) is 0 Å². The van der Waals surface area contributed by atoms with Crippen LogP contribution in [0.1, 0.15) is 28.7 Å². The van der Waals surface area contributed by atoms with Crippen LogP contribution in [0.25, 0.3) is 5.57 Å². The first-order valence-electron chi connectivity index (χ1n) is 9.96. The van der Waals surface area contributed by atoms with E-state index in [-0.39, 0.29) is 17.5 Å². The lowest BCUT2D eigenvalue weighted by molar-refractivity contribution is -0.136. The number of methoxy groups -OCH3 is 2. The first-order chi connectivity index (χ1) is 14.4. The molecule has 0 saturated heterocycles. The number of amides is 2. The Labute approximate surface area is 177 Å². The Morgan fingerprint density at radius 2 is 1.70 bits per heavy atom. The van der Waals surface area contributed by atoms with Crippen LogP contribution in [0.15, 0.2) is 42.1 Å². The molecule has 6 nitrogen and oxygen atoms in total. The van der Waals surface area contributed by atoms with E-state index in [0.29, 0.717) is 36.6 Å². The largest absolute Gasteiger partial charge is 0.495 e. The van der Waals surface area contributed by atoms with Crippen LogP contribution >= 0.6 is 0 Å². The molecule has 0 unspecified atom stereocenters. The Morgan fingerprint density at radius 1 is 0.933 bits per heavy atom. The number of rotatable bonds is 8. The number of hydrogen-bond acceptors (Lipinski definition) is 5. The molecule has 0 aromatic heterocycles. The summed E-state index contributed by atoms with van der Waals surface area (Å²) >= 11 is 0. The van der Waals surface area contributed by atoms with Crippen LogP contribution in [0.4, 0.5) is 5.69 Å². The molecule has 0 spiro atoms. The quantitative estimate of drug-likeness (QED) is 0.531. The molecule has 0 bridgehead atoms. The number of hydrogen-bond donors (Lipinski definition) is 1. The van der Waals surface area contributed by atoms with Gasteiger partial charge in [-0.2, -0.15) is 0 Å². The lowest BCUT2D eigenvalue weighted by Gasteiger charge is -2.15. The lowest BCUT2D eigenvalue weighted by Crippen LogP contribution is -2.33. The normalized spacial score (nSPS) is 14.0. The van der Waals surface area contributed by atoms with Gasteiger partial charge >= 0.3 is 0 Å². The molecule has 6 heteroatoms. The van der Waals surface area contributed by atoms with E-state index in [1.54, 1.807) is 14.2 Å². The number of nitrogens with one attached hydrogen (secondary N) is 1. The molecule has 1 aliphatic rings. The van der Waals surface area contributed by atoms with Crippen molar-refractivity contribution in [3.8, 4) is 5.75 Å². The maximum Gasteiger partial charge on any atom is 0.278 e. The van der Waals surface area contributed by atoms with E-state index >= 15 is 0 Å². The monoisotopic (exact) mass is 408 g/mol. The number of ether oxygens (including phenoxy) is 2. The van der Waals surface area contributed by atoms with E-state index in [0.717, 1.165) is 22.3 Å². The van der Waals surface area contributed by atoms with Crippen molar-refractivity contribution in [2.75, 3.05) is 32.7 Å². The van der Waals surface area contributed by atoms with Gasteiger partial charge < -0.3 is 14.8 Å². The van der Waals surface area contributed by atoms with Gasteiger partial charge in [-0.15, -0.1) is 0 Å². The van der Waals surface area contributed by atoms with E-state index in [4.69, 9.17) is 9.47 Å². The standard InChI is InChI=1S/C24H28N2O4/c1-15-7-10-20(30-5)19(13-15)25-22-21(18-9-8-16(2)17(3)14-18)23(27)26(24(22)28)11-6-12-29-4/h7-10,13-14,25H,6,11-12H2,1-5H3. The van der Waals surface area contributed by atoms with Crippen molar-refractivity contribution in [3.63, 3.8) is 0 Å². The van der Waals surface area contributed by atoms with Gasteiger partial charge in [0.15, 0.2) is 0 Å². The third-order valence-corrected chi connectivity index (χ3v) is 5.31. The van der Waals surface area contributed by atoms with E-state index in [1.165, 1.54) is 4.90 Å². The molecule has 1 heterocycles. The Hall–Kier alpha value is -3.12. The molecule has 0 atom stereocenters. The predicted molar refractivity (Wildman–Crippen MR) is 117 cm³/mol. The van der Waals surface area contributed by atoms with Crippen LogP contribution in [0, 0.1) is 20.8 Å². The topological polar surface area (TPSA) is 67.9 Å². The molecule has 1 aliphatic heterocycles. The smallest absolute Gasteiger partial charge is 0.278 e. The first kappa shape index (κ1) is 21.6. The second kappa shape index (κ2) is 9.13. The van der Waals surface area contributed by atoms with Crippen LogP contribution in [0.2, 0.25) is 0 Å². The molecule has 3 rings (SSSR count). The Morgan fingerprint density at radius 3 is 2.37 bits per heavy atom. The van der Waals surface area contributed by atoms with Gasteiger partial charge in [-0.05, 0) is 61.6 Å². The molecule has 0 saturated carbocycles. The third kappa shape index (κ3) is 4.24. The van der Waals surface area contributed by atoms with Crippen molar-refractivity contribution >= 4 is 23.1 Å². The summed E-state index contributed by atoms with van der Waals surface area (Å²) in [5.41, 5.74) is 5.22. The number of benzene rings is 2. The average molecular weight is 408 g/mol. The Kier molecular flexibility index (Phi) is 6.57. The fourth-order valence-electron chi connectivity index (χ4n) is 3.48. The van der Waals surface area contributed by atoms with Gasteiger partial charge in [0.25, 0.3) is 11.8 Å². The van der Waals surface area contributed by atoms with Gasteiger partial charge in [0.2, 0.25) is 0 Å². The summed E-state index contributed by atoms with van der Waals surface area (Å²) in [4.78, 5) is 27.8. The molecule has 0 aliphatic carbocycles. The molecule has 2 amide bonds. The minimum absolute atomic E-state index is 0.268. The van der Waals surface area contributed by atoms with E-state index in [2.05, 4.69) is 5.32 Å². The molecule has 1 N–H and O–H groups in total. The number of carbonyl (C=O) groups is 2. The van der Waals surface area contributed by atoms with Crippen molar-refractivity contribution in [3.05, 3.63) is 64.3 Å². The number of imide groups is 1. The second-order valence-corrected chi connectivity index (χ2v) is 7.49. The summed E-state index contributed by atoms with van der Waals surface area (Å²) < 4.78 is 10.5. The van der Waals surface area contributed by atoms with Crippen LogP contribution in [0.3, 0.4) is 0 Å². The molecule has 30 heavy (non-hydrogen) atoms. The van der Waals surface area contributed by atoms with Crippen LogP contribution in [-0.4, -0.2) is 44.1 Å². The molecule has 0 radical (unpaired) electrons. The minimum Gasteiger partial charge on any atom is -0.495 e. The van der Waals surface area contributed by atoms with Crippen molar-refractivity contribution < 1.29 is 19.1 Å². The highest BCUT2D eigenvalue weighted by atomic mass is 16.5. The second-order valence-electron chi connectivity index (χ2n) is 7.49. The number of aryl methyl sites for hydroxylation is 3. The zero-order valence-corrected chi connectivity index (χ0v) is 18.2. The highest BCUT2D eigenvalue weighted by molar-refractivity contribution is 6.36. The zero-order chi connectivity index (χ0) is 21.8. The molecule has 2 aromatic carbocycles. The minimum atomic E-state index is -0.340. The maximum absolute atomic E-state index is 13.3. The maximum atomic E-state index is 13.3. The van der Waals surface area contributed by atoms with Gasteiger partial charge in [0.05, 0.1) is 18.4 Å². The molecule has 2 aromatic rings. The fraction of sp³-hybridized carbons (Fsp3) is 0.333. The van der Waals surface area contributed by atoms with Gasteiger partial charge in [0.1, 0.15) is 11.4 Å². The SMILES string of the molecule is COCCCN1C(=O)C(Nc2cc(C)ccc2OC)=C(c2ccc(C)c(C)c2)C1=O. The van der Waals surface area contributed by atoms with Crippen LogP contribution < -0.4 is 10.1 Å². The summed E-state index contributed by atoms with van der Waals surface area (Å²) in [6.07, 6.45) is 0.579. The molecular weight excluding hydrogens is 380 g/mol. The average Bonchev–Trinajstić information content (AvgIpc) is 2.95. The van der Waals surface area contributed by atoms with Gasteiger partial charge in [-0.1, -0.05) is 24.3 Å². The number of carbonyl (C=O) groups excluding carboxylic acids is 2. The van der Waals surface area contributed by atoms with Crippen molar-refractivity contribution in [2.45, 2.75) is 27.2 Å². The summed E-state index contributed by atoms with van der Waals surface area (Å²) in [5, 5.41) is 3.20. The van der Waals surface area contributed by atoms with Gasteiger partial charge in [-0.25, -0.2) is 0 Å². The van der Waals surface area contributed by atoms with Crippen LogP contribution in [-0.2, 0) is 14.3 Å². The zero-order valence-electron chi connectivity index (χ0n) is 18.2. The van der Waals surface area contributed by atoms with E-state index < -0.39 is 0 Å². The predicted octanol–water partition coefficient (Wildman–Crippen LogP) is 3.85. The lowest BCUT2D eigenvalue weighted by atomic mass is 9.99. The molecular formula is C24H28N2O4. The summed E-state index contributed by atoms with van der Waals surface area (Å²) in [6.45, 7) is 6.75. The van der Waals surface area contributed by atoms with Crippen molar-refractivity contribution in [1.29, 1.82) is 0 Å². The van der Waals surface area contributed by atoms with Gasteiger partial charge in [-0.3, -0.25) is 14.5 Å². The summed E-state index contributed by atoms with van der Waals surface area (Å²) in [5.74, 6) is -0.0352. The Balaban J connectivity index is 2.08. The van der Waals surface area contributed by atoms with E-state index in [1.807, 2.05) is 57.2 Å². The highest BCUT2D eigenvalue weighted by Crippen LogP contribution is 2.34. The first-order valence-corrected chi connectivity index (χ1v) is 9.96. The highest BCUT2D eigenvalue weighted by Gasteiger charge is 2.39. The summed E-state index contributed by atoms with van der Waals surface area (Å²) in [6, 6.07) is 11.5. The van der Waals surface area contributed by atoms with Crippen LogP contribution in [0.5, 0.6) is 5.75 Å². The molecule has 0 fully saturated rings. The Bertz CT molecular complexity index is 1010. The fourth-order valence-corrected chi connectivity index (χ4v) is 3.48. The summed E-state index contributed by atoms with van der Waals surface area (Å²) in [7, 11) is 3.18. The number of anilines is 1. The molecule has 158 valence electrons. The number of nitrogens with zero attached hydrogens (tertiary/aromatic N) is 1.